The van der Waals surface area contributed by atoms with E-state index in [4.69, 9.17) is 9.57 Å². The monoisotopic (exact) mass is 243 g/mol. The standard InChI is InChI=1S/C14H13NO3/c1-17-13-9-7-11(8-10-13)14(16)18-15-12-5-3-2-4-6-12/h2-10,15H,1H3. The minimum atomic E-state index is -0.443. The molecular formula is C14H13NO3. The van der Waals surface area contributed by atoms with Gasteiger partial charge in [0.2, 0.25) is 0 Å². The Morgan fingerprint density at radius 2 is 1.67 bits per heavy atom. The van der Waals surface area contributed by atoms with Crippen LogP contribution in [0.3, 0.4) is 0 Å². The van der Waals surface area contributed by atoms with Crippen LogP contribution in [0.1, 0.15) is 10.4 Å². The number of methoxy groups -OCH3 is 1. The van der Waals surface area contributed by atoms with Gasteiger partial charge in [0.15, 0.2) is 0 Å². The molecule has 0 saturated carbocycles. The summed E-state index contributed by atoms with van der Waals surface area (Å²) in [4.78, 5) is 16.6. The molecule has 0 aromatic heterocycles. The summed E-state index contributed by atoms with van der Waals surface area (Å²) < 4.78 is 5.01. The van der Waals surface area contributed by atoms with Gasteiger partial charge in [-0.1, -0.05) is 18.2 Å². The fourth-order valence-electron chi connectivity index (χ4n) is 1.40. The molecule has 0 atom stereocenters. The van der Waals surface area contributed by atoms with Crippen molar-refractivity contribution in [2.75, 3.05) is 12.6 Å². The van der Waals surface area contributed by atoms with E-state index in [1.54, 1.807) is 43.5 Å². The summed E-state index contributed by atoms with van der Waals surface area (Å²) in [6.45, 7) is 0. The van der Waals surface area contributed by atoms with Crippen molar-refractivity contribution in [2.24, 2.45) is 0 Å². The molecule has 2 rings (SSSR count). The van der Waals surface area contributed by atoms with Gasteiger partial charge in [-0.25, -0.2) is 10.3 Å². The van der Waals surface area contributed by atoms with Crippen LogP contribution in [0.25, 0.3) is 0 Å². The zero-order valence-electron chi connectivity index (χ0n) is 9.92. The molecule has 0 saturated heterocycles. The second kappa shape index (κ2) is 5.72. The van der Waals surface area contributed by atoms with Gasteiger partial charge in [0.25, 0.3) is 0 Å². The molecule has 2 aromatic rings. The molecule has 0 fully saturated rings. The van der Waals surface area contributed by atoms with Gasteiger partial charge in [0.05, 0.1) is 18.4 Å². The summed E-state index contributed by atoms with van der Waals surface area (Å²) in [6.07, 6.45) is 0. The number of ether oxygens (including phenoxy) is 1. The van der Waals surface area contributed by atoms with Gasteiger partial charge in [-0.15, -0.1) is 0 Å². The lowest BCUT2D eigenvalue weighted by Gasteiger charge is -2.06. The molecule has 0 aliphatic heterocycles. The number of benzene rings is 2. The first-order valence-electron chi connectivity index (χ1n) is 5.46. The van der Waals surface area contributed by atoms with E-state index < -0.39 is 5.97 Å². The highest BCUT2D eigenvalue weighted by molar-refractivity contribution is 5.89. The number of carbonyl (C=O) groups is 1. The Morgan fingerprint density at radius 3 is 2.28 bits per heavy atom. The summed E-state index contributed by atoms with van der Waals surface area (Å²) in [5.41, 5.74) is 3.77. The van der Waals surface area contributed by atoms with Crippen LogP contribution in [-0.4, -0.2) is 13.1 Å². The van der Waals surface area contributed by atoms with Gasteiger partial charge in [0, 0.05) is 0 Å². The predicted molar refractivity (Wildman–Crippen MR) is 68.5 cm³/mol. The van der Waals surface area contributed by atoms with Crippen LogP contribution in [-0.2, 0) is 4.84 Å². The molecule has 92 valence electrons. The first kappa shape index (κ1) is 12.0. The van der Waals surface area contributed by atoms with Gasteiger partial charge in [0.1, 0.15) is 5.75 Å². The third kappa shape index (κ3) is 3.01. The van der Waals surface area contributed by atoms with Gasteiger partial charge in [-0.3, -0.25) is 0 Å². The van der Waals surface area contributed by atoms with Gasteiger partial charge in [-0.2, -0.15) is 0 Å². The molecular weight excluding hydrogens is 230 g/mol. The maximum atomic E-state index is 11.7. The van der Waals surface area contributed by atoms with E-state index in [2.05, 4.69) is 5.48 Å². The summed E-state index contributed by atoms with van der Waals surface area (Å²) in [7, 11) is 1.57. The zero-order valence-corrected chi connectivity index (χ0v) is 9.92. The number of hydrogen-bond donors (Lipinski definition) is 1. The van der Waals surface area contributed by atoms with Crippen LogP contribution < -0.4 is 10.2 Å². The summed E-state index contributed by atoms with van der Waals surface area (Å²) >= 11 is 0. The Kier molecular flexibility index (Phi) is 3.81. The van der Waals surface area contributed by atoms with Crippen LogP contribution in [0.5, 0.6) is 5.75 Å². The van der Waals surface area contributed by atoms with E-state index >= 15 is 0 Å². The fourth-order valence-corrected chi connectivity index (χ4v) is 1.40. The van der Waals surface area contributed by atoms with Crippen molar-refractivity contribution >= 4 is 11.7 Å². The Morgan fingerprint density at radius 1 is 1.00 bits per heavy atom. The lowest BCUT2D eigenvalue weighted by Crippen LogP contribution is -2.10. The third-order valence-corrected chi connectivity index (χ3v) is 2.36. The van der Waals surface area contributed by atoms with Crippen LogP contribution >= 0.6 is 0 Å². The molecule has 0 bridgehead atoms. The Balaban J connectivity index is 1.95. The maximum absolute atomic E-state index is 11.7. The number of para-hydroxylation sites is 1. The number of rotatable bonds is 4. The molecule has 4 nitrogen and oxygen atoms in total. The van der Waals surface area contributed by atoms with Crippen LogP contribution in [0.2, 0.25) is 0 Å². The van der Waals surface area contributed by atoms with Crippen molar-refractivity contribution < 1.29 is 14.4 Å². The normalized spacial score (nSPS) is 9.61. The minimum Gasteiger partial charge on any atom is -0.497 e. The topological polar surface area (TPSA) is 47.6 Å². The van der Waals surface area contributed by atoms with E-state index in [9.17, 15) is 4.79 Å². The zero-order chi connectivity index (χ0) is 12.8. The van der Waals surface area contributed by atoms with Crippen molar-refractivity contribution in [2.45, 2.75) is 0 Å². The molecule has 0 heterocycles. The molecule has 0 amide bonds. The molecule has 18 heavy (non-hydrogen) atoms. The van der Waals surface area contributed by atoms with Gasteiger partial charge < -0.3 is 9.57 Å². The highest BCUT2D eigenvalue weighted by Crippen LogP contribution is 2.12. The van der Waals surface area contributed by atoms with Crippen LogP contribution in [0, 0.1) is 0 Å². The maximum Gasteiger partial charge on any atom is 0.362 e. The second-order valence-corrected chi connectivity index (χ2v) is 3.59. The Hall–Kier alpha value is -2.49. The van der Waals surface area contributed by atoms with Gasteiger partial charge in [-0.05, 0) is 36.4 Å². The molecule has 1 N–H and O–H groups in total. The van der Waals surface area contributed by atoms with E-state index in [1.165, 1.54) is 0 Å². The molecule has 2 aromatic carbocycles. The highest BCUT2D eigenvalue weighted by atomic mass is 16.7. The molecule has 0 aliphatic carbocycles. The molecule has 0 spiro atoms. The molecule has 0 aliphatic rings. The fraction of sp³-hybridized carbons (Fsp3) is 0.0714. The highest BCUT2D eigenvalue weighted by Gasteiger charge is 2.07. The molecule has 0 radical (unpaired) electrons. The summed E-state index contributed by atoms with van der Waals surface area (Å²) in [5, 5.41) is 0. The largest absolute Gasteiger partial charge is 0.497 e. The second-order valence-electron chi connectivity index (χ2n) is 3.59. The first-order chi connectivity index (χ1) is 8.79. The van der Waals surface area contributed by atoms with E-state index in [-0.39, 0.29) is 0 Å². The molecule has 0 unspecified atom stereocenters. The van der Waals surface area contributed by atoms with Crippen LogP contribution in [0.15, 0.2) is 54.6 Å². The molecule has 4 heteroatoms. The van der Waals surface area contributed by atoms with Crippen molar-refractivity contribution in [3.05, 3.63) is 60.2 Å². The summed E-state index contributed by atoms with van der Waals surface area (Å²) in [6, 6.07) is 15.9. The Bertz CT molecular complexity index is 508. The quantitative estimate of drug-likeness (QED) is 0.839. The summed E-state index contributed by atoms with van der Waals surface area (Å²) in [5.74, 6) is 0.254. The van der Waals surface area contributed by atoms with Crippen LogP contribution in [0.4, 0.5) is 5.69 Å². The van der Waals surface area contributed by atoms with Gasteiger partial charge >= 0.3 is 5.97 Å². The lowest BCUT2D eigenvalue weighted by molar-refractivity contribution is 0.0596. The SMILES string of the molecule is COc1ccc(C(=O)ONc2ccccc2)cc1. The average molecular weight is 243 g/mol. The third-order valence-electron chi connectivity index (χ3n) is 2.36. The smallest absolute Gasteiger partial charge is 0.362 e. The average Bonchev–Trinajstić information content (AvgIpc) is 2.46. The number of nitrogens with one attached hydrogen (secondary N) is 1. The number of hydrogen-bond acceptors (Lipinski definition) is 4. The van der Waals surface area contributed by atoms with E-state index in [1.807, 2.05) is 18.2 Å². The first-order valence-corrected chi connectivity index (χ1v) is 5.46. The van der Waals surface area contributed by atoms with Crippen molar-refractivity contribution in [1.29, 1.82) is 0 Å². The van der Waals surface area contributed by atoms with E-state index in [0.29, 0.717) is 11.3 Å². The Labute approximate surface area is 105 Å². The van der Waals surface area contributed by atoms with E-state index in [0.717, 1.165) is 5.69 Å². The number of carbonyl (C=O) groups excluding carboxylic acids is 1. The van der Waals surface area contributed by atoms with Crippen molar-refractivity contribution in [3.8, 4) is 5.75 Å². The lowest BCUT2D eigenvalue weighted by atomic mass is 10.2. The van der Waals surface area contributed by atoms with Crippen molar-refractivity contribution in [3.63, 3.8) is 0 Å². The minimum absolute atomic E-state index is 0.443. The number of anilines is 1. The van der Waals surface area contributed by atoms with Crippen molar-refractivity contribution in [1.82, 2.24) is 0 Å². The predicted octanol–water partition coefficient (Wildman–Crippen LogP) is 2.88.